The molecule has 0 bridgehead atoms. The first-order valence-electron chi connectivity index (χ1n) is 7.43. The summed E-state index contributed by atoms with van der Waals surface area (Å²) in [7, 11) is 3.36. The van der Waals surface area contributed by atoms with Gasteiger partial charge in [-0.1, -0.05) is 6.07 Å². The van der Waals surface area contributed by atoms with Crippen molar-refractivity contribution in [2.75, 3.05) is 31.0 Å². The van der Waals surface area contributed by atoms with Crippen molar-refractivity contribution in [3.63, 3.8) is 0 Å². The van der Waals surface area contributed by atoms with Gasteiger partial charge in [-0.3, -0.25) is 4.79 Å². The zero-order valence-corrected chi connectivity index (χ0v) is 15.5. The highest BCUT2D eigenvalue weighted by Gasteiger charge is 2.25. The second kappa shape index (κ2) is 6.32. The Labute approximate surface area is 148 Å². The van der Waals surface area contributed by atoms with E-state index in [9.17, 15) is 4.79 Å². The van der Waals surface area contributed by atoms with E-state index in [0.717, 1.165) is 27.0 Å². The van der Waals surface area contributed by atoms with Crippen LogP contribution in [0.4, 0.5) is 17.2 Å². The zero-order chi connectivity index (χ0) is 17.4. The summed E-state index contributed by atoms with van der Waals surface area (Å²) < 4.78 is 11.6. The van der Waals surface area contributed by atoms with Crippen LogP contribution >= 0.6 is 15.9 Å². The molecule has 1 aromatic heterocycles. The molecular weight excluding hydrogens is 374 g/mol. The van der Waals surface area contributed by atoms with Crippen LogP contribution in [0.3, 0.4) is 0 Å². The van der Waals surface area contributed by atoms with E-state index in [1.165, 1.54) is 0 Å². The fourth-order valence-corrected chi connectivity index (χ4v) is 3.02. The average Bonchev–Trinajstić information content (AvgIpc) is 2.56. The number of hydrogen-bond donors (Lipinski definition) is 1. The largest absolute Gasteiger partial charge is 0.496 e. The van der Waals surface area contributed by atoms with Crippen molar-refractivity contribution in [2.24, 2.45) is 0 Å². The van der Waals surface area contributed by atoms with Gasteiger partial charge in [0, 0.05) is 18.3 Å². The number of amides is 1. The molecule has 0 unspecified atom stereocenters. The summed E-state index contributed by atoms with van der Waals surface area (Å²) in [5.74, 6) is 1.76. The molecule has 24 heavy (non-hydrogen) atoms. The van der Waals surface area contributed by atoms with Gasteiger partial charge in [-0.15, -0.1) is 0 Å². The number of ether oxygens (including phenoxy) is 2. The van der Waals surface area contributed by atoms with Crippen LogP contribution in [0.2, 0.25) is 0 Å². The van der Waals surface area contributed by atoms with E-state index in [1.54, 1.807) is 19.1 Å². The number of fused-ring (bicyclic) bond motifs is 1. The summed E-state index contributed by atoms with van der Waals surface area (Å²) in [5, 5.41) is 3.34. The van der Waals surface area contributed by atoms with E-state index in [4.69, 9.17) is 9.47 Å². The topological polar surface area (TPSA) is 63.7 Å². The minimum Gasteiger partial charge on any atom is -0.496 e. The summed E-state index contributed by atoms with van der Waals surface area (Å²) >= 11 is 3.52. The first kappa shape index (κ1) is 16.6. The number of anilines is 3. The quantitative estimate of drug-likeness (QED) is 0.866. The summed E-state index contributed by atoms with van der Waals surface area (Å²) in [6.45, 7) is 4.00. The molecule has 0 saturated heterocycles. The number of likely N-dealkylation sites (N-methyl/N-ethyl adjacent to an activating group) is 1. The van der Waals surface area contributed by atoms with Crippen LogP contribution in [0, 0.1) is 13.8 Å². The highest BCUT2D eigenvalue weighted by atomic mass is 79.9. The Morgan fingerprint density at radius 1 is 1.38 bits per heavy atom. The van der Waals surface area contributed by atoms with Crippen molar-refractivity contribution < 1.29 is 14.3 Å². The number of carbonyl (C=O) groups is 1. The normalized spacial score (nSPS) is 13.4. The van der Waals surface area contributed by atoms with Crippen molar-refractivity contribution >= 4 is 39.0 Å². The Morgan fingerprint density at radius 3 is 2.83 bits per heavy atom. The fourth-order valence-electron chi connectivity index (χ4n) is 2.62. The van der Waals surface area contributed by atoms with E-state index < -0.39 is 0 Å². The lowest BCUT2D eigenvalue weighted by atomic mass is 10.1. The molecule has 1 aromatic carbocycles. The van der Waals surface area contributed by atoms with Crippen LogP contribution < -0.4 is 19.7 Å². The molecule has 2 heterocycles. The number of pyridine rings is 1. The maximum absolute atomic E-state index is 11.7. The van der Waals surface area contributed by atoms with E-state index in [0.29, 0.717) is 17.4 Å². The molecule has 2 aromatic rings. The molecule has 0 spiro atoms. The van der Waals surface area contributed by atoms with Gasteiger partial charge >= 0.3 is 0 Å². The van der Waals surface area contributed by atoms with E-state index in [-0.39, 0.29) is 12.5 Å². The molecule has 7 heteroatoms. The zero-order valence-electron chi connectivity index (χ0n) is 13.9. The van der Waals surface area contributed by atoms with Crippen molar-refractivity contribution in [3.8, 4) is 11.6 Å². The van der Waals surface area contributed by atoms with E-state index >= 15 is 0 Å². The Morgan fingerprint density at radius 2 is 2.12 bits per heavy atom. The lowest BCUT2D eigenvalue weighted by molar-refractivity contribution is -0.121. The van der Waals surface area contributed by atoms with Gasteiger partial charge in [-0.05, 0) is 47.5 Å². The number of methoxy groups -OCH3 is 1. The predicted octanol–water partition coefficient (Wildman–Crippen LogP) is 3.57. The molecule has 126 valence electrons. The molecule has 0 fully saturated rings. The van der Waals surface area contributed by atoms with Crippen molar-refractivity contribution in [2.45, 2.75) is 13.8 Å². The molecule has 1 aliphatic heterocycles. The maximum atomic E-state index is 11.7. The minimum atomic E-state index is -0.101. The molecule has 3 rings (SSSR count). The number of nitrogens with one attached hydrogen (secondary N) is 1. The summed E-state index contributed by atoms with van der Waals surface area (Å²) in [4.78, 5) is 17.8. The van der Waals surface area contributed by atoms with E-state index in [2.05, 4.69) is 26.2 Å². The molecule has 0 aliphatic carbocycles. The molecule has 0 saturated carbocycles. The third kappa shape index (κ3) is 2.80. The highest BCUT2D eigenvalue weighted by Crippen LogP contribution is 2.38. The van der Waals surface area contributed by atoms with Gasteiger partial charge in [0.2, 0.25) is 5.88 Å². The van der Waals surface area contributed by atoms with Crippen LogP contribution in [0.1, 0.15) is 11.1 Å². The monoisotopic (exact) mass is 391 g/mol. The van der Waals surface area contributed by atoms with Crippen LogP contribution in [-0.2, 0) is 4.79 Å². The standard InChI is InChI=1S/C17H18BrN3O3/c1-9-5-6-13(23-4)10(2)15(9)19-16-11(18)7-12-17(20-16)24-8-14(22)21(12)3/h5-7H,8H2,1-4H3,(H,19,20). The molecule has 1 N–H and O–H groups in total. The lowest BCUT2D eigenvalue weighted by Crippen LogP contribution is -2.35. The molecule has 1 amide bonds. The van der Waals surface area contributed by atoms with Gasteiger partial charge in [0.25, 0.3) is 5.91 Å². The fraction of sp³-hybridized carbons (Fsp3) is 0.294. The number of aromatic nitrogens is 1. The molecule has 0 atom stereocenters. The number of aryl methyl sites for hydroxylation is 1. The summed E-state index contributed by atoms with van der Waals surface area (Å²) in [6, 6.07) is 5.75. The molecule has 6 nitrogen and oxygen atoms in total. The SMILES string of the molecule is COc1ccc(C)c(Nc2nc3c(cc2Br)N(C)C(=O)CO3)c1C. The number of benzene rings is 1. The number of nitrogens with zero attached hydrogens (tertiary/aromatic N) is 2. The second-order valence-electron chi connectivity index (χ2n) is 5.59. The van der Waals surface area contributed by atoms with Gasteiger partial charge in [-0.25, -0.2) is 0 Å². The first-order chi connectivity index (χ1) is 11.4. The average molecular weight is 392 g/mol. The van der Waals surface area contributed by atoms with Crippen molar-refractivity contribution in [1.29, 1.82) is 0 Å². The third-order valence-electron chi connectivity index (χ3n) is 4.08. The summed E-state index contributed by atoms with van der Waals surface area (Å²) in [6.07, 6.45) is 0. The number of halogens is 1. The van der Waals surface area contributed by atoms with Gasteiger partial charge in [-0.2, -0.15) is 4.98 Å². The number of carbonyl (C=O) groups excluding carboxylic acids is 1. The molecule has 0 radical (unpaired) electrons. The number of hydrogen-bond acceptors (Lipinski definition) is 5. The highest BCUT2D eigenvalue weighted by molar-refractivity contribution is 9.10. The van der Waals surface area contributed by atoms with Crippen LogP contribution in [-0.4, -0.2) is 31.7 Å². The van der Waals surface area contributed by atoms with Gasteiger partial charge in [0.05, 0.1) is 11.6 Å². The van der Waals surface area contributed by atoms with Gasteiger partial charge in [0.1, 0.15) is 17.3 Å². The third-order valence-corrected chi connectivity index (χ3v) is 4.68. The maximum Gasteiger partial charge on any atom is 0.264 e. The van der Waals surface area contributed by atoms with Gasteiger partial charge < -0.3 is 19.7 Å². The number of rotatable bonds is 3. The van der Waals surface area contributed by atoms with Crippen molar-refractivity contribution in [3.05, 3.63) is 33.8 Å². The second-order valence-corrected chi connectivity index (χ2v) is 6.45. The predicted molar refractivity (Wildman–Crippen MR) is 96.6 cm³/mol. The Kier molecular flexibility index (Phi) is 4.36. The van der Waals surface area contributed by atoms with Crippen molar-refractivity contribution in [1.82, 2.24) is 4.98 Å². The molecular formula is C17H18BrN3O3. The Balaban J connectivity index is 2.02. The molecule has 1 aliphatic rings. The smallest absolute Gasteiger partial charge is 0.264 e. The Bertz CT molecular complexity index is 823. The lowest BCUT2D eigenvalue weighted by Gasteiger charge is -2.26. The first-order valence-corrected chi connectivity index (χ1v) is 8.22. The minimum absolute atomic E-state index is 0.00517. The van der Waals surface area contributed by atoms with Gasteiger partial charge in [0.15, 0.2) is 6.61 Å². The van der Waals surface area contributed by atoms with Crippen LogP contribution in [0.25, 0.3) is 0 Å². The van der Waals surface area contributed by atoms with E-state index in [1.807, 2.05) is 32.0 Å². The Hall–Kier alpha value is -2.28. The van der Waals surface area contributed by atoms with Crippen LogP contribution in [0.5, 0.6) is 11.6 Å². The summed E-state index contributed by atoms with van der Waals surface area (Å²) in [5.41, 5.74) is 3.65. The van der Waals surface area contributed by atoms with Crippen LogP contribution in [0.15, 0.2) is 22.7 Å².